The third-order valence-corrected chi connectivity index (χ3v) is 13.4. The maximum Gasteiger partial charge on any atom is 0.309 e. The Hall–Kier alpha value is -5.49. The number of ether oxygens (including phenoxy) is 3. The molecule has 0 saturated carbocycles. The summed E-state index contributed by atoms with van der Waals surface area (Å²) >= 11 is 0. The van der Waals surface area contributed by atoms with E-state index in [0.717, 1.165) is 148 Å². The summed E-state index contributed by atoms with van der Waals surface area (Å²) in [7, 11) is 0. The summed E-state index contributed by atoms with van der Waals surface area (Å²) in [6, 6.07) is 0. The average Bonchev–Trinajstić information content (AvgIpc) is 3.49. The molecule has 0 aliphatic rings. The maximum absolute atomic E-state index is 12.9. The van der Waals surface area contributed by atoms with Gasteiger partial charge in [0.15, 0.2) is 6.10 Å². The Kier molecular flexibility index (Phi) is 64.4. The number of unbranched alkanes of at least 4 members (excludes halogenated alkanes) is 18. The fourth-order valence-electron chi connectivity index (χ4n) is 8.57. The van der Waals surface area contributed by atoms with Crippen molar-refractivity contribution in [1.82, 2.24) is 0 Å². The van der Waals surface area contributed by atoms with E-state index in [1.165, 1.54) is 77.0 Å². The highest BCUT2D eigenvalue weighted by Crippen LogP contribution is 2.15. The molecule has 0 fully saturated rings. The van der Waals surface area contributed by atoms with Gasteiger partial charge in [-0.15, -0.1) is 0 Å². The summed E-state index contributed by atoms with van der Waals surface area (Å²) in [4.78, 5) is 38.3. The molecule has 0 aromatic heterocycles. The highest BCUT2D eigenvalue weighted by molar-refractivity contribution is 5.72. The molecule has 0 rings (SSSR count). The maximum atomic E-state index is 12.9. The summed E-state index contributed by atoms with van der Waals surface area (Å²) in [6.07, 6.45) is 104. The van der Waals surface area contributed by atoms with Crippen molar-refractivity contribution in [2.24, 2.45) is 0 Å². The fourth-order valence-corrected chi connectivity index (χ4v) is 8.57. The van der Waals surface area contributed by atoms with Crippen molar-refractivity contribution in [3.05, 3.63) is 182 Å². The molecule has 1 unspecified atom stereocenters. The fraction of sp³-hybridized carbons (Fsp3) is 0.571. The van der Waals surface area contributed by atoms with E-state index in [1.54, 1.807) is 6.08 Å². The van der Waals surface area contributed by atoms with E-state index in [-0.39, 0.29) is 38.0 Å². The van der Waals surface area contributed by atoms with Gasteiger partial charge < -0.3 is 14.2 Å². The van der Waals surface area contributed by atoms with E-state index in [4.69, 9.17) is 14.2 Å². The van der Waals surface area contributed by atoms with Crippen LogP contribution in [0.15, 0.2) is 182 Å². The number of esters is 3. The number of carbonyl (C=O) groups is 3. The Morgan fingerprint density at radius 1 is 0.253 bits per heavy atom. The van der Waals surface area contributed by atoms with Gasteiger partial charge in [-0.25, -0.2) is 0 Å². The monoisotopic (exact) mass is 1140 g/mol. The number of carbonyl (C=O) groups excluding carboxylic acids is 3. The van der Waals surface area contributed by atoms with E-state index in [9.17, 15) is 14.4 Å². The number of hydrogen-bond acceptors (Lipinski definition) is 6. The van der Waals surface area contributed by atoms with Crippen LogP contribution in [0.1, 0.15) is 265 Å². The van der Waals surface area contributed by atoms with Crippen molar-refractivity contribution in [2.45, 2.75) is 271 Å². The molecule has 0 aliphatic heterocycles. The van der Waals surface area contributed by atoms with Crippen LogP contribution in [-0.2, 0) is 28.6 Å². The van der Waals surface area contributed by atoms with E-state index >= 15 is 0 Å². The second kappa shape index (κ2) is 69.0. The third kappa shape index (κ3) is 67.2. The number of rotatable bonds is 58. The van der Waals surface area contributed by atoms with Crippen LogP contribution in [0.25, 0.3) is 0 Å². The van der Waals surface area contributed by atoms with Crippen LogP contribution in [0.4, 0.5) is 0 Å². The van der Waals surface area contributed by atoms with Crippen LogP contribution in [0, 0.1) is 0 Å². The first-order valence-corrected chi connectivity index (χ1v) is 33.3. The third-order valence-electron chi connectivity index (χ3n) is 13.4. The second-order valence-corrected chi connectivity index (χ2v) is 21.2. The van der Waals surface area contributed by atoms with Crippen LogP contribution in [-0.4, -0.2) is 37.2 Å². The largest absolute Gasteiger partial charge is 0.462 e. The SMILES string of the molecule is CC/C=C\C/C=C\C/C=C\C/C=C\C/C=C\C/C=C\CCCCCCCCCCCCCCCCC(=O)OCC(COC(=O)C/C=C\C/C=C\C/C=C\C/C=C\C/C=C\CC)OC(=O)CCCCCC/C=C\C/C=C\C/C=C\C/C=C\CC. The van der Waals surface area contributed by atoms with Gasteiger partial charge in [-0.2, -0.15) is 0 Å². The highest BCUT2D eigenvalue weighted by Gasteiger charge is 2.19. The molecule has 464 valence electrons. The van der Waals surface area contributed by atoms with Gasteiger partial charge >= 0.3 is 17.9 Å². The van der Waals surface area contributed by atoms with Crippen LogP contribution >= 0.6 is 0 Å². The number of hydrogen-bond donors (Lipinski definition) is 0. The molecular formula is C77H120O6. The van der Waals surface area contributed by atoms with Gasteiger partial charge in [-0.05, 0) is 135 Å². The number of allylic oxidation sites excluding steroid dienone is 29. The lowest BCUT2D eigenvalue weighted by Gasteiger charge is -2.18. The molecule has 0 amide bonds. The zero-order chi connectivity index (χ0) is 59.9. The van der Waals surface area contributed by atoms with Crippen molar-refractivity contribution >= 4 is 17.9 Å². The van der Waals surface area contributed by atoms with Gasteiger partial charge in [0.25, 0.3) is 0 Å². The zero-order valence-corrected chi connectivity index (χ0v) is 53.1. The van der Waals surface area contributed by atoms with E-state index in [0.29, 0.717) is 6.42 Å². The first kappa shape index (κ1) is 77.5. The van der Waals surface area contributed by atoms with Crippen LogP contribution in [0.3, 0.4) is 0 Å². The lowest BCUT2D eigenvalue weighted by atomic mass is 10.0. The molecule has 0 bridgehead atoms. The van der Waals surface area contributed by atoms with Gasteiger partial charge in [0.1, 0.15) is 13.2 Å². The molecule has 83 heavy (non-hydrogen) atoms. The van der Waals surface area contributed by atoms with E-state index < -0.39 is 12.1 Å². The van der Waals surface area contributed by atoms with Crippen LogP contribution in [0.5, 0.6) is 0 Å². The quantitative estimate of drug-likeness (QED) is 0.0261. The molecule has 1 atom stereocenters. The predicted octanol–water partition coefficient (Wildman–Crippen LogP) is 23.2. The van der Waals surface area contributed by atoms with Crippen molar-refractivity contribution in [3.8, 4) is 0 Å². The van der Waals surface area contributed by atoms with Crippen molar-refractivity contribution in [1.29, 1.82) is 0 Å². The standard InChI is InChI=1S/C77H120O6/c1-4-7-10-13-16-19-22-25-28-30-31-32-33-34-35-36-37-38-39-40-41-42-43-44-45-47-49-52-55-58-61-64-67-70-76(79)82-73-74(72-81-75(78)69-66-63-60-57-54-51-48-27-24-21-18-15-12-9-6-3)83-77(80)71-68-65-62-59-56-53-50-46-29-26-23-20-17-14-11-8-5-2/h7-12,16-21,25-29,31-32,34-35,37-38,48,50,53-54,57,63,66,74H,4-6,13-15,22-24,30,33,36,39-47,49,51-52,55-56,58-62,64-65,67-73H2,1-3H3/b10-7-,11-8-,12-9-,19-16-,20-17-,21-18-,28-25-,29-26-,32-31-,35-34-,38-37-,48-27-,53-50-,57-54-,66-63-. The second-order valence-electron chi connectivity index (χ2n) is 21.2. The van der Waals surface area contributed by atoms with Crippen molar-refractivity contribution in [2.75, 3.05) is 13.2 Å². The van der Waals surface area contributed by atoms with Crippen molar-refractivity contribution in [3.63, 3.8) is 0 Å². The summed E-state index contributed by atoms with van der Waals surface area (Å²) < 4.78 is 16.8. The summed E-state index contributed by atoms with van der Waals surface area (Å²) in [6.45, 7) is 6.18. The minimum absolute atomic E-state index is 0.114. The smallest absolute Gasteiger partial charge is 0.309 e. The Bertz CT molecular complexity index is 1940. The molecule has 0 aliphatic carbocycles. The van der Waals surface area contributed by atoms with Gasteiger partial charge in [-0.1, -0.05) is 293 Å². The molecule has 0 aromatic carbocycles. The first-order valence-electron chi connectivity index (χ1n) is 33.3. The highest BCUT2D eigenvalue weighted by atomic mass is 16.6. The van der Waals surface area contributed by atoms with E-state index in [1.807, 2.05) is 6.08 Å². The first-order chi connectivity index (χ1) is 41.0. The molecule has 0 heterocycles. The molecule has 0 spiro atoms. The van der Waals surface area contributed by atoms with Gasteiger partial charge in [0, 0.05) is 12.8 Å². The Labute approximate surface area is 510 Å². The Morgan fingerprint density at radius 2 is 0.482 bits per heavy atom. The summed E-state index contributed by atoms with van der Waals surface area (Å²) in [5.41, 5.74) is 0. The van der Waals surface area contributed by atoms with Gasteiger partial charge in [0.2, 0.25) is 0 Å². The average molecular weight is 1140 g/mol. The van der Waals surface area contributed by atoms with Gasteiger partial charge in [-0.3, -0.25) is 14.4 Å². The normalized spacial score (nSPS) is 13.3. The lowest BCUT2D eigenvalue weighted by molar-refractivity contribution is -0.166. The van der Waals surface area contributed by atoms with E-state index in [2.05, 4.69) is 191 Å². The van der Waals surface area contributed by atoms with Crippen LogP contribution in [0.2, 0.25) is 0 Å². The molecular weight excluding hydrogens is 1020 g/mol. The predicted molar refractivity (Wildman–Crippen MR) is 361 cm³/mol. The molecule has 0 radical (unpaired) electrons. The minimum atomic E-state index is -0.841. The Balaban J connectivity index is 4.35. The molecule has 6 nitrogen and oxygen atoms in total. The minimum Gasteiger partial charge on any atom is -0.462 e. The molecule has 0 N–H and O–H groups in total. The lowest BCUT2D eigenvalue weighted by Crippen LogP contribution is -2.30. The molecule has 6 heteroatoms. The van der Waals surface area contributed by atoms with Crippen LogP contribution < -0.4 is 0 Å². The topological polar surface area (TPSA) is 78.9 Å². The Morgan fingerprint density at radius 3 is 0.783 bits per heavy atom. The summed E-state index contributed by atoms with van der Waals surface area (Å²) in [5.74, 6) is -1.09. The molecule has 0 aromatic rings. The van der Waals surface area contributed by atoms with Crippen molar-refractivity contribution < 1.29 is 28.6 Å². The van der Waals surface area contributed by atoms with Gasteiger partial charge in [0.05, 0.1) is 6.42 Å². The summed E-state index contributed by atoms with van der Waals surface area (Å²) in [5, 5.41) is 0. The zero-order valence-electron chi connectivity index (χ0n) is 53.1. The molecule has 0 saturated heterocycles.